The number of aliphatic hydroxyl groups excluding tert-OH is 1. The maximum Gasteiger partial charge on any atom is 0.410 e. The van der Waals surface area contributed by atoms with Gasteiger partial charge in [0.1, 0.15) is 5.60 Å². The van der Waals surface area contributed by atoms with Crippen molar-refractivity contribution < 1.29 is 14.6 Å². The van der Waals surface area contributed by atoms with E-state index >= 15 is 0 Å². The number of fused-ring (bicyclic) bond motifs is 1. The largest absolute Gasteiger partial charge is 0.444 e. The second-order valence-electron chi connectivity index (χ2n) is 10.9. The molecule has 1 atom stereocenters. The van der Waals surface area contributed by atoms with Gasteiger partial charge in [0.15, 0.2) is 0 Å². The number of aliphatic hydroxyl groups is 1. The van der Waals surface area contributed by atoms with Crippen molar-refractivity contribution >= 4 is 39.0 Å². The zero-order chi connectivity index (χ0) is 25.4. The van der Waals surface area contributed by atoms with Crippen molar-refractivity contribution in [1.82, 2.24) is 9.88 Å². The molecule has 5 rings (SSSR count). The van der Waals surface area contributed by atoms with Gasteiger partial charge in [0.2, 0.25) is 0 Å². The fourth-order valence-corrected chi connectivity index (χ4v) is 6.02. The Labute approximate surface area is 217 Å². The van der Waals surface area contributed by atoms with Gasteiger partial charge in [0.25, 0.3) is 0 Å². The van der Waals surface area contributed by atoms with Crippen molar-refractivity contribution in [3.05, 3.63) is 41.3 Å². The summed E-state index contributed by atoms with van der Waals surface area (Å²) in [5.41, 5.74) is 5.02. The summed E-state index contributed by atoms with van der Waals surface area (Å²) in [6.45, 7) is 12.8. The monoisotopic (exact) mass is 508 g/mol. The Balaban J connectivity index is 1.32. The number of hydrogen-bond donors (Lipinski definition) is 1. The number of aromatic nitrogens is 1. The highest BCUT2D eigenvalue weighted by Crippen LogP contribution is 2.38. The summed E-state index contributed by atoms with van der Waals surface area (Å²) in [5.74, 6) is 0.341. The first-order valence-corrected chi connectivity index (χ1v) is 13.6. The summed E-state index contributed by atoms with van der Waals surface area (Å²) in [7, 11) is 0. The first-order chi connectivity index (χ1) is 17.2. The Kier molecular flexibility index (Phi) is 6.83. The third kappa shape index (κ3) is 5.30. The van der Waals surface area contributed by atoms with E-state index in [1.165, 1.54) is 15.3 Å². The predicted molar refractivity (Wildman–Crippen MR) is 147 cm³/mol. The van der Waals surface area contributed by atoms with Crippen LogP contribution in [0, 0.1) is 12.8 Å². The number of benzene rings is 1. The van der Waals surface area contributed by atoms with Gasteiger partial charge in [-0.3, -0.25) is 0 Å². The normalized spacial score (nSPS) is 18.8. The molecule has 1 N–H and O–H groups in total. The van der Waals surface area contributed by atoms with Crippen molar-refractivity contribution in [1.29, 1.82) is 0 Å². The first kappa shape index (κ1) is 24.8. The number of nitrogens with zero attached hydrogens (tertiary/aromatic N) is 4. The Hall–Kier alpha value is -2.84. The predicted octanol–water partition coefficient (Wildman–Crippen LogP) is 5.15. The van der Waals surface area contributed by atoms with E-state index in [1.807, 2.05) is 20.8 Å². The number of carbonyl (C=O) groups is 1. The average Bonchev–Trinajstić information content (AvgIpc) is 3.48. The summed E-state index contributed by atoms with van der Waals surface area (Å²) in [5, 5.41) is 9.63. The van der Waals surface area contributed by atoms with Crippen LogP contribution in [0.25, 0.3) is 21.5 Å². The smallest absolute Gasteiger partial charge is 0.410 e. The Morgan fingerprint density at radius 1 is 1.08 bits per heavy atom. The number of amides is 1. The molecule has 36 heavy (non-hydrogen) atoms. The van der Waals surface area contributed by atoms with Crippen LogP contribution in [0.5, 0.6) is 0 Å². The van der Waals surface area contributed by atoms with Crippen LogP contribution in [0.4, 0.5) is 16.2 Å². The van der Waals surface area contributed by atoms with Gasteiger partial charge in [-0.05, 0) is 58.4 Å². The molecule has 0 aliphatic carbocycles. The molecule has 1 aromatic carbocycles. The number of rotatable bonds is 4. The molecule has 2 saturated heterocycles. The van der Waals surface area contributed by atoms with Crippen molar-refractivity contribution in [2.24, 2.45) is 5.92 Å². The molecule has 2 aromatic heterocycles. The molecule has 7 nitrogen and oxygen atoms in total. The van der Waals surface area contributed by atoms with Crippen LogP contribution in [0.15, 0.2) is 36.4 Å². The fourth-order valence-electron chi connectivity index (χ4n) is 5.02. The Morgan fingerprint density at radius 3 is 2.44 bits per heavy atom. The lowest BCUT2D eigenvalue weighted by molar-refractivity contribution is 0.0240. The van der Waals surface area contributed by atoms with Gasteiger partial charge >= 0.3 is 6.09 Å². The van der Waals surface area contributed by atoms with Gasteiger partial charge in [-0.15, -0.1) is 11.3 Å². The van der Waals surface area contributed by atoms with E-state index in [4.69, 9.17) is 9.72 Å². The molecule has 2 aliphatic rings. The number of aryl methyl sites for hydroxylation is 1. The van der Waals surface area contributed by atoms with Gasteiger partial charge in [-0.1, -0.05) is 12.1 Å². The van der Waals surface area contributed by atoms with E-state index in [-0.39, 0.29) is 12.7 Å². The topological polar surface area (TPSA) is 69.1 Å². The molecule has 2 fully saturated rings. The maximum absolute atomic E-state index is 12.4. The standard InChI is InChI=1S/C28H36N4O3S/c1-19-15-24-26(36-19)25(32-10-9-20(17-32)18-33)16-23(29-24)21-5-7-22(8-6-21)30-11-13-31(14-12-30)27(34)35-28(2,3)4/h5-8,15-16,20,33H,9-14,17-18H2,1-4H3. The van der Waals surface area contributed by atoms with Gasteiger partial charge < -0.3 is 24.5 Å². The summed E-state index contributed by atoms with van der Waals surface area (Å²) >= 11 is 1.79. The molecule has 3 aromatic rings. The molecular weight excluding hydrogens is 472 g/mol. The second kappa shape index (κ2) is 9.90. The second-order valence-corrected chi connectivity index (χ2v) is 12.1. The minimum absolute atomic E-state index is 0.234. The van der Waals surface area contributed by atoms with E-state index < -0.39 is 5.60 Å². The highest BCUT2D eigenvalue weighted by atomic mass is 32.1. The third-order valence-corrected chi connectivity index (χ3v) is 7.99. The van der Waals surface area contributed by atoms with Crippen LogP contribution in [-0.2, 0) is 4.74 Å². The number of hydrogen-bond acceptors (Lipinski definition) is 7. The number of thiophene rings is 1. The average molecular weight is 509 g/mol. The van der Waals surface area contributed by atoms with Gasteiger partial charge in [-0.25, -0.2) is 9.78 Å². The zero-order valence-corrected chi connectivity index (χ0v) is 22.5. The fraction of sp³-hybridized carbons (Fsp3) is 0.500. The van der Waals surface area contributed by atoms with Crippen molar-refractivity contribution in [2.75, 3.05) is 55.7 Å². The van der Waals surface area contributed by atoms with Gasteiger partial charge in [-0.2, -0.15) is 0 Å². The molecule has 0 saturated carbocycles. The molecule has 4 heterocycles. The Morgan fingerprint density at radius 2 is 1.81 bits per heavy atom. The molecule has 2 aliphatic heterocycles. The van der Waals surface area contributed by atoms with E-state index in [1.54, 1.807) is 16.2 Å². The molecule has 8 heteroatoms. The molecule has 1 amide bonds. The molecule has 0 bridgehead atoms. The molecule has 192 valence electrons. The quantitative estimate of drug-likeness (QED) is 0.526. The lowest BCUT2D eigenvalue weighted by Crippen LogP contribution is -2.50. The summed E-state index contributed by atoms with van der Waals surface area (Å²) in [4.78, 5) is 25.1. The van der Waals surface area contributed by atoms with Gasteiger partial charge in [0, 0.05) is 67.9 Å². The van der Waals surface area contributed by atoms with Crippen LogP contribution in [0.1, 0.15) is 32.1 Å². The number of ether oxygens (including phenoxy) is 1. The lowest BCUT2D eigenvalue weighted by Gasteiger charge is -2.36. The van der Waals surface area contributed by atoms with E-state index in [2.05, 4.69) is 53.1 Å². The van der Waals surface area contributed by atoms with Crippen molar-refractivity contribution in [3.8, 4) is 11.3 Å². The SMILES string of the molecule is Cc1cc2nc(-c3ccc(N4CCN(C(=O)OC(C)(C)C)CC4)cc3)cc(N3CCC(CO)C3)c2s1. The summed E-state index contributed by atoms with van der Waals surface area (Å²) < 4.78 is 6.75. The van der Waals surface area contributed by atoms with Crippen molar-refractivity contribution in [2.45, 2.75) is 39.7 Å². The summed E-state index contributed by atoms with van der Waals surface area (Å²) in [6.07, 6.45) is 0.789. The number of piperazine rings is 1. The van der Waals surface area contributed by atoms with Crippen LogP contribution in [-0.4, -0.2) is 72.6 Å². The molecule has 0 spiro atoms. The highest BCUT2D eigenvalue weighted by molar-refractivity contribution is 7.19. The van der Waals surface area contributed by atoms with E-state index in [9.17, 15) is 9.90 Å². The van der Waals surface area contributed by atoms with Crippen LogP contribution in [0.2, 0.25) is 0 Å². The minimum Gasteiger partial charge on any atom is -0.444 e. The van der Waals surface area contributed by atoms with Crippen LogP contribution >= 0.6 is 11.3 Å². The lowest BCUT2D eigenvalue weighted by atomic mass is 10.1. The number of pyridine rings is 1. The van der Waals surface area contributed by atoms with E-state index in [0.717, 1.165) is 55.1 Å². The molecular formula is C28H36N4O3S. The summed E-state index contributed by atoms with van der Waals surface area (Å²) in [6, 6.07) is 13.0. The number of anilines is 2. The van der Waals surface area contributed by atoms with Crippen LogP contribution in [0.3, 0.4) is 0 Å². The third-order valence-electron chi connectivity index (χ3n) is 6.93. The first-order valence-electron chi connectivity index (χ1n) is 12.8. The molecule has 0 radical (unpaired) electrons. The van der Waals surface area contributed by atoms with E-state index in [0.29, 0.717) is 19.0 Å². The zero-order valence-electron chi connectivity index (χ0n) is 21.7. The molecule has 1 unspecified atom stereocenters. The van der Waals surface area contributed by atoms with Gasteiger partial charge in [0.05, 0.1) is 21.6 Å². The highest BCUT2D eigenvalue weighted by Gasteiger charge is 2.27. The van der Waals surface area contributed by atoms with Crippen molar-refractivity contribution in [3.63, 3.8) is 0 Å². The Bertz CT molecular complexity index is 1230. The van der Waals surface area contributed by atoms with Crippen LogP contribution < -0.4 is 9.80 Å². The maximum atomic E-state index is 12.4. The number of carbonyl (C=O) groups excluding carboxylic acids is 1. The minimum atomic E-state index is -0.474.